The first-order valence-electron chi connectivity index (χ1n) is 5.59. The SMILES string of the molecule is Nc1ccc2nnc(-c3ccc(C(F)(F)F)cn3)n2c1. The van der Waals surface area contributed by atoms with E-state index in [0.717, 1.165) is 12.3 Å². The van der Waals surface area contributed by atoms with Gasteiger partial charge in [0.15, 0.2) is 11.5 Å². The Morgan fingerprint density at radius 3 is 2.50 bits per heavy atom. The molecule has 3 rings (SSSR count). The molecule has 0 fully saturated rings. The van der Waals surface area contributed by atoms with Crippen LogP contribution in [0.5, 0.6) is 0 Å². The highest BCUT2D eigenvalue weighted by atomic mass is 19.4. The number of aromatic nitrogens is 4. The van der Waals surface area contributed by atoms with Gasteiger partial charge in [0.05, 0.1) is 5.56 Å². The monoisotopic (exact) mass is 279 g/mol. The maximum Gasteiger partial charge on any atom is 0.417 e. The Morgan fingerprint density at radius 2 is 1.85 bits per heavy atom. The lowest BCUT2D eigenvalue weighted by atomic mass is 10.2. The molecule has 0 spiro atoms. The molecule has 0 aliphatic carbocycles. The highest BCUT2D eigenvalue weighted by Crippen LogP contribution is 2.29. The van der Waals surface area contributed by atoms with Gasteiger partial charge in [-0.1, -0.05) is 0 Å². The van der Waals surface area contributed by atoms with Crippen LogP contribution in [0, 0.1) is 0 Å². The molecule has 3 heterocycles. The van der Waals surface area contributed by atoms with Crippen LogP contribution in [0.25, 0.3) is 17.2 Å². The average Bonchev–Trinajstić information content (AvgIpc) is 2.81. The highest BCUT2D eigenvalue weighted by molar-refractivity contribution is 5.58. The number of halogens is 3. The first-order chi connectivity index (χ1) is 9.45. The van der Waals surface area contributed by atoms with Gasteiger partial charge in [0.25, 0.3) is 0 Å². The van der Waals surface area contributed by atoms with Crippen molar-refractivity contribution in [1.82, 2.24) is 19.6 Å². The lowest BCUT2D eigenvalue weighted by Crippen LogP contribution is -2.05. The summed E-state index contributed by atoms with van der Waals surface area (Å²) in [6.07, 6.45) is -2.06. The van der Waals surface area contributed by atoms with Gasteiger partial charge in [-0.15, -0.1) is 10.2 Å². The second-order valence-electron chi connectivity index (χ2n) is 4.14. The molecule has 20 heavy (non-hydrogen) atoms. The van der Waals surface area contributed by atoms with E-state index in [0.29, 0.717) is 17.2 Å². The third kappa shape index (κ3) is 2.04. The summed E-state index contributed by atoms with van der Waals surface area (Å²) in [4.78, 5) is 3.78. The van der Waals surface area contributed by atoms with E-state index in [2.05, 4.69) is 15.2 Å². The van der Waals surface area contributed by atoms with E-state index in [1.807, 2.05) is 0 Å². The number of nitrogens with zero attached hydrogens (tertiary/aromatic N) is 4. The van der Waals surface area contributed by atoms with Crippen LogP contribution in [-0.2, 0) is 6.18 Å². The Labute approximate surface area is 110 Å². The molecule has 0 saturated carbocycles. The van der Waals surface area contributed by atoms with Crippen molar-refractivity contribution < 1.29 is 13.2 Å². The molecule has 3 aromatic heterocycles. The molecule has 2 N–H and O–H groups in total. The molecule has 0 atom stereocenters. The minimum absolute atomic E-state index is 0.288. The van der Waals surface area contributed by atoms with E-state index in [1.54, 1.807) is 22.7 Å². The lowest BCUT2D eigenvalue weighted by molar-refractivity contribution is -0.137. The maximum absolute atomic E-state index is 12.5. The van der Waals surface area contributed by atoms with E-state index < -0.39 is 11.7 Å². The third-order valence-corrected chi connectivity index (χ3v) is 2.75. The third-order valence-electron chi connectivity index (χ3n) is 2.75. The van der Waals surface area contributed by atoms with Gasteiger partial charge in [0, 0.05) is 18.1 Å². The van der Waals surface area contributed by atoms with E-state index in [9.17, 15) is 13.2 Å². The Balaban J connectivity index is 2.09. The fourth-order valence-corrected chi connectivity index (χ4v) is 1.78. The minimum Gasteiger partial charge on any atom is -0.398 e. The largest absolute Gasteiger partial charge is 0.417 e. The molecule has 0 saturated heterocycles. The van der Waals surface area contributed by atoms with Crippen LogP contribution in [0.15, 0.2) is 36.7 Å². The predicted molar refractivity (Wildman–Crippen MR) is 65.6 cm³/mol. The molecule has 0 bridgehead atoms. The summed E-state index contributed by atoms with van der Waals surface area (Å²) in [6.45, 7) is 0. The Kier molecular flexibility index (Phi) is 2.60. The zero-order valence-electron chi connectivity index (χ0n) is 9.96. The molecule has 102 valence electrons. The van der Waals surface area contributed by atoms with Crippen molar-refractivity contribution >= 4 is 11.3 Å². The maximum atomic E-state index is 12.5. The molecule has 0 amide bonds. The highest BCUT2D eigenvalue weighted by Gasteiger charge is 2.30. The molecule has 0 aromatic carbocycles. The standard InChI is InChI=1S/C12H8F3N5/c13-12(14,15)7-1-3-9(17-5-7)11-19-18-10-4-2-8(16)6-20(10)11/h1-6H,16H2. The number of fused-ring (bicyclic) bond motifs is 1. The molecular weight excluding hydrogens is 271 g/mol. The van der Waals surface area contributed by atoms with Crippen LogP contribution >= 0.6 is 0 Å². The van der Waals surface area contributed by atoms with Crippen molar-refractivity contribution in [3.05, 3.63) is 42.2 Å². The lowest BCUT2D eigenvalue weighted by Gasteiger charge is -2.06. The molecule has 0 aliphatic rings. The van der Waals surface area contributed by atoms with E-state index in [4.69, 9.17) is 5.73 Å². The molecule has 0 unspecified atom stereocenters. The number of anilines is 1. The second-order valence-corrected chi connectivity index (χ2v) is 4.14. The van der Waals surface area contributed by atoms with Gasteiger partial charge in [0.1, 0.15) is 5.69 Å². The number of nitrogens with two attached hydrogens (primary N) is 1. The number of nitrogen functional groups attached to an aromatic ring is 1. The number of hydrogen-bond acceptors (Lipinski definition) is 4. The van der Waals surface area contributed by atoms with E-state index in [-0.39, 0.29) is 5.69 Å². The van der Waals surface area contributed by atoms with Gasteiger partial charge in [-0.2, -0.15) is 13.2 Å². The van der Waals surface area contributed by atoms with Gasteiger partial charge in [-0.05, 0) is 24.3 Å². The zero-order chi connectivity index (χ0) is 14.3. The van der Waals surface area contributed by atoms with Crippen LogP contribution in [0.3, 0.4) is 0 Å². The van der Waals surface area contributed by atoms with Crippen LogP contribution in [0.2, 0.25) is 0 Å². The number of hydrogen-bond donors (Lipinski definition) is 1. The Bertz CT molecular complexity index is 761. The molecule has 0 aliphatic heterocycles. The summed E-state index contributed by atoms with van der Waals surface area (Å²) in [5.74, 6) is 0.334. The Hall–Kier alpha value is -2.64. The summed E-state index contributed by atoms with van der Waals surface area (Å²) < 4.78 is 39.0. The first kappa shape index (κ1) is 12.4. The number of pyridine rings is 2. The normalized spacial score (nSPS) is 11.9. The number of rotatable bonds is 1. The first-order valence-corrected chi connectivity index (χ1v) is 5.59. The zero-order valence-corrected chi connectivity index (χ0v) is 9.96. The summed E-state index contributed by atoms with van der Waals surface area (Å²) in [7, 11) is 0. The van der Waals surface area contributed by atoms with Gasteiger partial charge in [0.2, 0.25) is 0 Å². The Morgan fingerprint density at radius 1 is 1.05 bits per heavy atom. The predicted octanol–water partition coefficient (Wildman–Crippen LogP) is 2.39. The number of alkyl halides is 3. The van der Waals surface area contributed by atoms with Crippen LogP contribution in [0.1, 0.15) is 5.56 Å². The summed E-state index contributed by atoms with van der Waals surface area (Å²) in [6, 6.07) is 5.53. The fraction of sp³-hybridized carbons (Fsp3) is 0.0833. The van der Waals surface area contributed by atoms with Crippen molar-refractivity contribution in [2.24, 2.45) is 0 Å². The molecule has 0 radical (unpaired) electrons. The summed E-state index contributed by atoms with van der Waals surface area (Å²) >= 11 is 0. The molecule has 8 heteroatoms. The second kappa shape index (κ2) is 4.19. The minimum atomic E-state index is -4.41. The molecule has 5 nitrogen and oxygen atoms in total. The van der Waals surface area contributed by atoms with Crippen LogP contribution in [-0.4, -0.2) is 19.6 Å². The topological polar surface area (TPSA) is 69.1 Å². The van der Waals surface area contributed by atoms with Crippen molar-refractivity contribution in [2.45, 2.75) is 6.18 Å². The van der Waals surface area contributed by atoms with Crippen molar-refractivity contribution in [2.75, 3.05) is 5.73 Å². The summed E-state index contributed by atoms with van der Waals surface area (Å²) in [5, 5.41) is 7.81. The average molecular weight is 279 g/mol. The van der Waals surface area contributed by atoms with Gasteiger partial charge < -0.3 is 5.73 Å². The van der Waals surface area contributed by atoms with Gasteiger partial charge in [-0.3, -0.25) is 9.38 Å². The van der Waals surface area contributed by atoms with Crippen molar-refractivity contribution in [3.8, 4) is 11.5 Å². The molecule has 3 aromatic rings. The van der Waals surface area contributed by atoms with E-state index >= 15 is 0 Å². The quantitative estimate of drug-likeness (QED) is 0.742. The van der Waals surface area contributed by atoms with E-state index in [1.165, 1.54) is 6.07 Å². The van der Waals surface area contributed by atoms with Gasteiger partial charge in [-0.25, -0.2) is 0 Å². The van der Waals surface area contributed by atoms with Gasteiger partial charge >= 0.3 is 6.18 Å². The van der Waals surface area contributed by atoms with Crippen molar-refractivity contribution in [1.29, 1.82) is 0 Å². The van der Waals surface area contributed by atoms with Crippen LogP contribution in [0.4, 0.5) is 18.9 Å². The molecular formula is C12H8F3N5. The fourth-order valence-electron chi connectivity index (χ4n) is 1.78. The summed E-state index contributed by atoms with van der Waals surface area (Å²) in [5.41, 5.74) is 6.17. The van der Waals surface area contributed by atoms with Crippen LogP contribution < -0.4 is 5.73 Å². The van der Waals surface area contributed by atoms with Crippen molar-refractivity contribution in [3.63, 3.8) is 0 Å². The smallest absolute Gasteiger partial charge is 0.398 e.